The summed E-state index contributed by atoms with van der Waals surface area (Å²) in [5, 5.41) is 3.55. The topological polar surface area (TPSA) is 75.3 Å². The molecule has 0 radical (unpaired) electrons. The summed E-state index contributed by atoms with van der Waals surface area (Å²) in [5.41, 5.74) is 4.29. The Labute approximate surface area is 201 Å². The molecule has 4 heterocycles. The number of ether oxygens (including phenoxy) is 2. The van der Waals surface area contributed by atoms with Crippen molar-refractivity contribution in [3.05, 3.63) is 60.4 Å². The summed E-state index contributed by atoms with van der Waals surface area (Å²) >= 11 is 0. The molecule has 180 valence electrons. The lowest BCUT2D eigenvalue weighted by atomic mass is 9.96. The fraction of sp³-hybridized carbons (Fsp3) is 0.308. The second kappa shape index (κ2) is 8.90. The molecule has 4 aromatic rings. The predicted molar refractivity (Wildman–Crippen MR) is 130 cm³/mol. The van der Waals surface area contributed by atoms with Crippen LogP contribution in [0.25, 0.3) is 33.5 Å². The van der Waals surface area contributed by atoms with Gasteiger partial charge in [-0.2, -0.15) is 0 Å². The molecule has 2 unspecified atom stereocenters. The van der Waals surface area contributed by atoms with Crippen molar-refractivity contribution < 1.29 is 18.3 Å². The number of piperidine rings is 1. The van der Waals surface area contributed by atoms with E-state index in [0.29, 0.717) is 47.4 Å². The number of rotatable bonds is 4. The molecule has 0 aliphatic carbocycles. The normalized spacial score (nSPS) is 20.1. The monoisotopic (exact) mass is 477 g/mol. The maximum Gasteiger partial charge on any atom is 0.142 e. The molecule has 2 aliphatic rings. The first kappa shape index (κ1) is 21.9. The van der Waals surface area contributed by atoms with Crippen LogP contribution >= 0.6 is 0 Å². The van der Waals surface area contributed by atoms with Gasteiger partial charge in [-0.05, 0) is 42.3 Å². The number of anilines is 1. The molecule has 0 amide bonds. The van der Waals surface area contributed by atoms with Gasteiger partial charge in [-0.25, -0.2) is 13.8 Å². The van der Waals surface area contributed by atoms with E-state index in [1.54, 1.807) is 24.5 Å². The minimum absolute atomic E-state index is 0.0400. The van der Waals surface area contributed by atoms with Crippen molar-refractivity contribution in [1.29, 1.82) is 0 Å². The number of aromatic nitrogens is 3. The highest BCUT2D eigenvalue weighted by Gasteiger charge is 2.34. The van der Waals surface area contributed by atoms with Crippen LogP contribution in [-0.4, -0.2) is 60.4 Å². The number of methoxy groups -OCH3 is 1. The molecule has 2 fully saturated rings. The number of pyridine rings is 1. The third-order valence-corrected chi connectivity index (χ3v) is 6.75. The zero-order chi connectivity index (χ0) is 23.9. The van der Waals surface area contributed by atoms with Gasteiger partial charge >= 0.3 is 0 Å². The third kappa shape index (κ3) is 4.11. The van der Waals surface area contributed by atoms with Gasteiger partial charge in [0.15, 0.2) is 0 Å². The fourth-order valence-corrected chi connectivity index (χ4v) is 5.10. The van der Waals surface area contributed by atoms with E-state index in [-0.39, 0.29) is 11.9 Å². The van der Waals surface area contributed by atoms with E-state index >= 15 is 0 Å². The summed E-state index contributed by atoms with van der Waals surface area (Å²) < 4.78 is 39.7. The summed E-state index contributed by atoms with van der Waals surface area (Å²) in [6.45, 7) is 2.97. The highest BCUT2D eigenvalue weighted by Crippen LogP contribution is 2.41. The van der Waals surface area contributed by atoms with Crippen molar-refractivity contribution in [2.45, 2.75) is 18.6 Å². The van der Waals surface area contributed by atoms with Gasteiger partial charge in [0.25, 0.3) is 0 Å². The molecule has 2 aliphatic heterocycles. The van der Waals surface area contributed by atoms with E-state index in [2.05, 4.69) is 20.2 Å². The van der Waals surface area contributed by atoms with Gasteiger partial charge in [0.05, 0.1) is 42.1 Å². The van der Waals surface area contributed by atoms with E-state index in [4.69, 9.17) is 14.5 Å². The smallest absolute Gasteiger partial charge is 0.142 e. The Bertz CT molecular complexity index is 1390. The maximum atomic E-state index is 14.5. The second-order valence-electron chi connectivity index (χ2n) is 8.91. The first-order valence-electron chi connectivity index (χ1n) is 11.7. The molecule has 0 saturated carbocycles. The van der Waals surface area contributed by atoms with E-state index < -0.39 is 5.82 Å². The van der Waals surface area contributed by atoms with Gasteiger partial charge in [-0.1, -0.05) is 0 Å². The van der Waals surface area contributed by atoms with Crippen LogP contribution < -0.4 is 15.0 Å². The lowest BCUT2D eigenvalue weighted by Crippen LogP contribution is -2.57. The summed E-state index contributed by atoms with van der Waals surface area (Å²) in [5.74, 6) is 0.265. The van der Waals surface area contributed by atoms with Crippen LogP contribution in [0.15, 0.2) is 48.8 Å². The SMILES string of the molecule is COc1cc(F)cc(-c2cncc(-c3nc4ccc(F)cc4[nH]3)c2N2CCC3NCCOC3C2)c1. The molecule has 2 N–H and O–H groups in total. The molecule has 2 atom stereocenters. The number of benzene rings is 2. The second-order valence-corrected chi connectivity index (χ2v) is 8.91. The molecule has 2 saturated heterocycles. The van der Waals surface area contributed by atoms with Gasteiger partial charge in [0.1, 0.15) is 23.2 Å². The van der Waals surface area contributed by atoms with Gasteiger partial charge in [0.2, 0.25) is 0 Å². The predicted octanol–water partition coefficient (Wildman–Crippen LogP) is 4.15. The number of fused-ring (bicyclic) bond motifs is 2. The Morgan fingerprint density at radius 2 is 1.97 bits per heavy atom. The molecule has 0 spiro atoms. The molecule has 0 bridgehead atoms. The third-order valence-electron chi connectivity index (χ3n) is 6.75. The first-order chi connectivity index (χ1) is 17.1. The van der Waals surface area contributed by atoms with Gasteiger partial charge in [0, 0.05) is 49.7 Å². The number of H-pyrrole nitrogens is 1. The highest BCUT2D eigenvalue weighted by atomic mass is 19.1. The van der Waals surface area contributed by atoms with Crippen LogP contribution in [0.5, 0.6) is 5.75 Å². The number of hydrogen-bond acceptors (Lipinski definition) is 6. The molecule has 35 heavy (non-hydrogen) atoms. The number of imidazole rings is 1. The molecular formula is C26H25F2N5O2. The van der Waals surface area contributed by atoms with E-state index in [0.717, 1.165) is 36.3 Å². The van der Waals surface area contributed by atoms with Crippen LogP contribution in [-0.2, 0) is 4.74 Å². The quantitative estimate of drug-likeness (QED) is 0.460. The lowest BCUT2D eigenvalue weighted by molar-refractivity contribution is -0.00899. The maximum absolute atomic E-state index is 14.5. The van der Waals surface area contributed by atoms with Crippen molar-refractivity contribution in [2.75, 3.05) is 38.3 Å². The molecule has 7 nitrogen and oxygen atoms in total. The Morgan fingerprint density at radius 1 is 1.09 bits per heavy atom. The van der Waals surface area contributed by atoms with Gasteiger partial charge in [-0.3, -0.25) is 4.98 Å². The summed E-state index contributed by atoms with van der Waals surface area (Å²) in [4.78, 5) is 14.7. The fourth-order valence-electron chi connectivity index (χ4n) is 5.10. The zero-order valence-corrected chi connectivity index (χ0v) is 19.2. The number of aromatic amines is 1. The average Bonchev–Trinajstić information content (AvgIpc) is 3.30. The van der Waals surface area contributed by atoms with Crippen LogP contribution in [0.3, 0.4) is 0 Å². The number of nitrogens with zero attached hydrogens (tertiary/aromatic N) is 3. The summed E-state index contributed by atoms with van der Waals surface area (Å²) in [6, 6.07) is 9.39. The Morgan fingerprint density at radius 3 is 2.86 bits per heavy atom. The van der Waals surface area contributed by atoms with Crippen molar-refractivity contribution in [2.24, 2.45) is 0 Å². The van der Waals surface area contributed by atoms with Crippen molar-refractivity contribution in [1.82, 2.24) is 20.3 Å². The van der Waals surface area contributed by atoms with Gasteiger partial charge in [-0.15, -0.1) is 0 Å². The minimum atomic E-state index is -0.395. The molecular weight excluding hydrogens is 452 g/mol. The van der Waals surface area contributed by atoms with E-state index in [1.165, 1.54) is 31.4 Å². The number of morpholine rings is 1. The number of halogens is 2. The minimum Gasteiger partial charge on any atom is -0.497 e. The molecule has 2 aromatic heterocycles. The Balaban J connectivity index is 1.52. The van der Waals surface area contributed by atoms with Crippen LogP contribution in [0, 0.1) is 11.6 Å². The van der Waals surface area contributed by atoms with E-state index in [1.807, 2.05) is 0 Å². The first-order valence-corrected chi connectivity index (χ1v) is 11.7. The average molecular weight is 478 g/mol. The Kier molecular flexibility index (Phi) is 5.58. The van der Waals surface area contributed by atoms with Crippen molar-refractivity contribution in [3.8, 4) is 28.3 Å². The van der Waals surface area contributed by atoms with Crippen LogP contribution in [0.1, 0.15) is 6.42 Å². The zero-order valence-electron chi connectivity index (χ0n) is 19.2. The van der Waals surface area contributed by atoms with Crippen molar-refractivity contribution >= 4 is 16.7 Å². The van der Waals surface area contributed by atoms with Crippen LogP contribution in [0.4, 0.5) is 14.5 Å². The summed E-state index contributed by atoms with van der Waals surface area (Å²) in [6.07, 6.45) is 4.43. The number of nitrogens with one attached hydrogen (secondary N) is 2. The highest BCUT2D eigenvalue weighted by molar-refractivity contribution is 5.91. The largest absolute Gasteiger partial charge is 0.497 e. The summed E-state index contributed by atoms with van der Waals surface area (Å²) in [7, 11) is 1.51. The molecule has 2 aromatic carbocycles. The standard InChI is InChI=1S/C26H25F2N5O2/c1-34-18-9-15(8-17(28)10-18)19-12-29-13-20(26-31-21-3-2-16(27)11-23(21)32-26)25(19)33-6-4-22-24(14-33)35-7-5-30-22/h2-3,8-13,22,24,30H,4-7,14H2,1H3,(H,31,32). The van der Waals surface area contributed by atoms with Crippen molar-refractivity contribution in [3.63, 3.8) is 0 Å². The Hall–Kier alpha value is -3.56. The lowest BCUT2D eigenvalue weighted by Gasteiger charge is -2.43. The number of hydrogen-bond donors (Lipinski definition) is 2. The molecule has 9 heteroatoms. The van der Waals surface area contributed by atoms with E-state index in [9.17, 15) is 8.78 Å². The molecule has 6 rings (SSSR count). The van der Waals surface area contributed by atoms with Gasteiger partial charge < -0.3 is 24.7 Å². The van der Waals surface area contributed by atoms with Crippen LogP contribution in [0.2, 0.25) is 0 Å².